The number of carbonyl (C=O) groups is 5. The van der Waals surface area contributed by atoms with Crippen LogP contribution in [0.5, 0.6) is 0 Å². The van der Waals surface area contributed by atoms with E-state index >= 15 is 0 Å². The Hall–Kier alpha value is -5.28. The van der Waals surface area contributed by atoms with Crippen LogP contribution in [-0.2, 0) is 39.8 Å². The average molecular weight is 993 g/mol. The molecule has 3 aromatic carbocycles. The molecule has 1 N–H and O–H groups in total. The van der Waals surface area contributed by atoms with Crippen LogP contribution in [0.4, 0.5) is 4.79 Å². The van der Waals surface area contributed by atoms with Gasteiger partial charge in [-0.3, -0.25) is 24.1 Å². The van der Waals surface area contributed by atoms with Gasteiger partial charge in [0.2, 0.25) is 11.8 Å². The summed E-state index contributed by atoms with van der Waals surface area (Å²) in [4.78, 5) is 80.8. The number of likely N-dealkylation sites (N-methyl/N-ethyl adjacent to an activating group) is 2. The van der Waals surface area contributed by atoms with Crippen LogP contribution in [0, 0.1) is 17.8 Å². The fourth-order valence-corrected chi connectivity index (χ4v) is 11.5. The van der Waals surface area contributed by atoms with Gasteiger partial charge in [-0.1, -0.05) is 106 Å². The number of ether oxygens (including phenoxy) is 3. The van der Waals surface area contributed by atoms with Gasteiger partial charge in [0, 0.05) is 77.0 Å². The summed E-state index contributed by atoms with van der Waals surface area (Å²) >= 11 is 1.55. The number of amides is 3. The maximum atomic E-state index is 14.8. The smallest absolute Gasteiger partial charge is 0.410 e. The zero-order chi connectivity index (χ0) is 51.8. The van der Waals surface area contributed by atoms with Crippen molar-refractivity contribution in [3.63, 3.8) is 0 Å². The normalized spacial score (nSPS) is 17.8. The molecule has 8 atom stereocenters. The molecule has 0 unspecified atom stereocenters. The third kappa shape index (κ3) is 12.5. The van der Waals surface area contributed by atoms with Gasteiger partial charge in [0.05, 0.1) is 52.8 Å². The number of aliphatic hydroxyl groups is 1. The van der Waals surface area contributed by atoms with E-state index in [0.717, 1.165) is 39.2 Å². The van der Waals surface area contributed by atoms with Gasteiger partial charge in [0.25, 0.3) is 0 Å². The number of nitrogens with zero attached hydrogens (tertiary/aromatic N) is 4. The summed E-state index contributed by atoms with van der Waals surface area (Å²) in [5.74, 6) is -3.18. The molecule has 4 aromatic rings. The van der Waals surface area contributed by atoms with E-state index in [-0.39, 0.29) is 61.4 Å². The fraction of sp³-hybridized carbons (Fsp3) is 0.544. The molecule has 384 valence electrons. The topological polar surface area (TPSA) is 156 Å². The number of carbonyl (C=O) groups excluding carboxylic acids is 5. The Balaban J connectivity index is 1.12. The van der Waals surface area contributed by atoms with Crippen LogP contribution in [0.2, 0.25) is 0 Å². The molecular weight excluding hydrogens is 917 g/mol. The first kappa shape index (κ1) is 55.0. The fourth-order valence-electron chi connectivity index (χ4n) is 10.8. The second kappa shape index (κ2) is 24.0. The van der Waals surface area contributed by atoms with Crippen LogP contribution >= 0.6 is 11.3 Å². The number of aromatic nitrogens is 1. The predicted octanol–water partition coefficient (Wildman–Crippen LogP) is 9.35. The first-order chi connectivity index (χ1) is 33.7. The molecular formula is C57H76N4O9S. The molecule has 1 saturated heterocycles. The van der Waals surface area contributed by atoms with E-state index in [1.807, 2.05) is 85.6 Å². The molecule has 2 aliphatic rings. The lowest BCUT2D eigenvalue weighted by molar-refractivity contribution is -0.154. The molecule has 0 spiro atoms. The number of likely N-dealkylation sites (tertiary alicyclic amines) is 1. The van der Waals surface area contributed by atoms with Crippen LogP contribution in [0.1, 0.15) is 121 Å². The molecule has 1 aliphatic carbocycles. The van der Waals surface area contributed by atoms with Crippen molar-refractivity contribution in [2.75, 3.05) is 41.5 Å². The van der Waals surface area contributed by atoms with Crippen LogP contribution in [0.3, 0.4) is 0 Å². The van der Waals surface area contributed by atoms with Crippen molar-refractivity contribution >= 4 is 40.8 Å². The van der Waals surface area contributed by atoms with E-state index in [0.29, 0.717) is 25.8 Å². The summed E-state index contributed by atoms with van der Waals surface area (Å²) in [6.07, 6.45) is 2.39. The highest BCUT2D eigenvalue weighted by atomic mass is 32.1. The van der Waals surface area contributed by atoms with Gasteiger partial charge < -0.3 is 29.1 Å². The van der Waals surface area contributed by atoms with Gasteiger partial charge in [-0.15, -0.1) is 11.3 Å². The molecule has 1 fully saturated rings. The molecule has 3 amide bonds. The molecule has 6 rings (SSSR count). The van der Waals surface area contributed by atoms with E-state index in [1.165, 1.54) is 37.8 Å². The van der Waals surface area contributed by atoms with Crippen molar-refractivity contribution < 1.29 is 43.3 Å². The number of rotatable bonds is 24. The Morgan fingerprint density at radius 3 is 2.04 bits per heavy atom. The molecule has 14 heteroatoms. The Kier molecular flexibility index (Phi) is 18.6. The third-order valence-corrected chi connectivity index (χ3v) is 16.5. The van der Waals surface area contributed by atoms with Gasteiger partial charge in [-0.2, -0.15) is 0 Å². The molecule has 71 heavy (non-hydrogen) atoms. The van der Waals surface area contributed by atoms with Crippen molar-refractivity contribution in [3.05, 3.63) is 112 Å². The summed E-state index contributed by atoms with van der Waals surface area (Å²) in [7, 11) is 6.27. The minimum Gasteiger partial charge on any atom is -0.448 e. The molecule has 2 heterocycles. The first-order valence-electron chi connectivity index (χ1n) is 25.2. The zero-order valence-electron chi connectivity index (χ0n) is 43.6. The second-order valence-electron chi connectivity index (χ2n) is 20.8. The SMILES string of the molecule is CC[C@H](C)[C@@H]([C@@H](CC(=O)N1CCC[C@H]1[C@H](OC)[C@@H](C)C(=O)C[C@@H](Cc1ccccc1)c1nccs1)OC)N(C)C(=O)[C@@H](CC(=O)C(C)(C)N(C)C(=O)OCC1c2ccccc2-c2ccccc21)C(C)(C)O. The number of hydrogen-bond donors (Lipinski definition) is 1. The molecule has 0 saturated carbocycles. The minimum absolute atomic E-state index is 0.0473. The van der Waals surface area contributed by atoms with Gasteiger partial charge in [-0.05, 0) is 80.7 Å². The standard InChI is InChI=1S/C57H76N4O9S/c1-12-36(2)51(48(68-10)34-50(64)61-29-20-27-46(61)52(69-11)37(3)47(62)32-39(53-58-28-30-71-53)31-38-21-14-13-15-22-38)59(8)54(65)45(57(6,7)67)33-49(63)56(4,5)60(9)55(66)70-35-44-42-25-18-16-23-40(42)41-24-17-19-26-43(41)44/h13-19,21-26,28,30,36-37,39,44-46,48,51-52,67H,12,20,27,29,31-35H2,1-11H3/t36-,37-,39+,45+,46-,48+,51-,52+/m0/s1. The number of fused-ring (bicyclic) bond motifs is 3. The number of methoxy groups -OCH3 is 2. The number of Topliss-reactive ketones (excluding diaryl/α,β-unsaturated/α-hetero) is 2. The summed E-state index contributed by atoms with van der Waals surface area (Å²) in [6.45, 7) is 12.7. The van der Waals surface area contributed by atoms with Crippen molar-refractivity contribution in [1.29, 1.82) is 0 Å². The van der Waals surface area contributed by atoms with Crippen LogP contribution in [-0.4, -0.2) is 131 Å². The van der Waals surface area contributed by atoms with Crippen LogP contribution in [0.25, 0.3) is 11.1 Å². The largest absolute Gasteiger partial charge is 0.448 e. The Morgan fingerprint density at radius 2 is 1.48 bits per heavy atom. The summed E-state index contributed by atoms with van der Waals surface area (Å²) in [5.41, 5.74) is 2.40. The van der Waals surface area contributed by atoms with E-state index < -0.39 is 59.0 Å². The van der Waals surface area contributed by atoms with Gasteiger partial charge >= 0.3 is 6.09 Å². The lowest BCUT2D eigenvalue weighted by atomic mass is 9.80. The lowest BCUT2D eigenvalue weighted by Crippen LogP contribution is -2.57. The Morgan fingerprint density at radius 1 is 0.859 bits per heavy atom. The summed E-state index contributed by atoms with van der Waals surface area (Å²) in [6, 6.07) is 25.2. The Labute approximate surface area is 425 Å². The second-order valence-corrected chi connectivity index (χ2v) is 21.7. The third-order valence-electron chi connectivity index (χ3n) is 15.6. The number of thiazole rings is 1. The first-order valence-corrected chi connectivity index (χ1v) is 26.0. The van der Waals surface area contributed by atoms with Gasteiger partial charge in [-0.25, -0.2) is 9.78 Å². The van der Waals surface area contributed by atoms with Crippen molar-refractivity contribution in [2.24, 2.45) is 17.8 Å². The van der Waals surface area contributed by atoms with Crippen molar-refractivity contribution in [3.8, 4) is 11.1 Å². The molecule has 0 radical (unpaired) electrons. The molecule has 13 nitrogen and oxygen atoms in total. The molecule has 0 bridgehead atoms. The van der Waals surface area contributed by atoms with E-state index in [1.54, 1.807) is 45.5 Å². The highest BCUT2D eigenvalue weighted by molar-refractivity contribution is 7.09. The summed E-state index contributed by atoms with van der Waals surface area (Å²) < 4.78 is 18.1. The number of benzene rings is 3. The quantitative estimate of drug-likeness (QED) is 0.0718. The van der Waals surface area contributed by atoms with E-state index in [4.69, 9.17) is 14.2 Å². The zero-order valence-corrected chi connectivity index (χ0v) is 44.4. The van der Waals surface area contributed by atoms with Gasteiger partial charge in [0.1, 0.15) is 12.4 Å². The maximum absolute atomic E-state index is 14.8. The average Bonchev–Trinajstić information content (AvgIpc) is 4.15. The van der Waals surface area contributed by atoms with Crippen LogP contribution in [0.15, 0.2) is 90.4 Å². The molecule has 1 aromatic heterocycles. The minimum atomic E-state index is -1.65. The highest BCUT2D eigenvalue weighted by Gasteiger charge is 2.47. The summed E-state index contributed by atoms with van der Waals surface area (Å²) in [5, 5.41) is 14.4. The lowest BCUT2D eigenvalue weighted by Gasteiger charge is -2.42. The van der Waals surface area contributed by atoms with E-state index in [9.17, 15) is 29.1 Å². The van der Waals surface area contributed by atoms with Crippen molar-refractivity contribution in [1.82, 2.24) is 19.7 Å². The monoisotopic (exact) mass is 993 g/mol. The van der Waals surface area contributed by atoms with Gasteiger partial charge in [0.15, 0.2) is 5.78 Å². The van der Waals surface area contributed by atoms with Crippen molar-refractivity contribution in [2.45, 2.75) is 141 Å². The predicted molar refractivity (Wildman–Crippen MR) is 277 cm³/mol. The maximum Gasteiger partial charge on any atom is 0.410 e. The molecule has 1 aliphatic heterocycles. The van der Waals surface area contributed by atoms with Crippen LogP contribution < -0.4 is 0 Å². The Bertz CT molecular complexity index is 2390. The number of hydrogen-bond acceptors (Lipinski definition) is 11. The van der Waals surface area contributed by atoms with E-state index in [2.05, 4.69) is 29.2 Å². The highest BCUT2D eigenvalue weighted by Crippen LogP contribution is 2.45. The number of ketones is 2.